The molecule has 27 heavy (non-hydrogen) atoms. The summed E-state index contributed by atoms with van der Waals surface area (Å²) in [5, 5.41) is 20.1. The van der Waals surface area contributed by atoms with Crippen molar-refractivity contribution in [1.29, 1.82) is 0 Å². The van der Waals surface area contributed by atoms with Crippen LogP contribution in [-0.4, -0.2) is 22.2 Å². The first-order valence-corrected chi connectivity index (χ1v) is 8.01. The Bertz CT molecular complexity index is 931. The molecule has 0 aliphatic rings. The molecule has 0 heterocycles. The third-order valence-electron chi connectivity index (χ3n) is 4.06. The second kappa shape index (κ2) is 7.39. The maximum atomic E-state index is 13.9. The second-order valence-corrected chi connectivity index (χ2v) is 5.78. The predicted molar refractivity (Wildman–Crippen MR) is 94.9 cm³/mol. The molecule has 3 aromatic rings. The number of aromatic carboxylic acids is 1. The van der Waals surface area contributed by atoms with Crippen LogP contribution in [0.3, 0.4) is 0 Å². The van der Waals surface area contributed by atoms with Crippen LogP contribution in [0.1, 0.15) is 21.5 Å². The van der Waals surface area contributed by atoms with Crippen LogP contribution in [0.15, 0.2) is 78.9 Å². The molecule has 0 aliphatic heterocycles. The fourth-order valence-electron chi connectivity index (χ4n) is 2.67. The number of esters is 1. The first-order chi connectivity index (χ1) is 12.9. The van der Waals surface area contributed by atoms with Gasteiger partial charge in [-0.15, -0.1) is 0 Å². The van der Waals surface area contributed by atoms with Crippen LogP contribution in [-0.2, 0) is 10.4 Å². The minimum Gasteiger partial charge on any atom is -0.478 e. The summed E-state index contributed by atoms with van der Waals surface area (Å²) in [4.78, 5) is 23.8. The van der Waals surface area contributed by atoms with Crippen LogP contribution < -0.4 is 4.74 Å². The highest BCUT2D eigenvalue weighted by Gasteiger charge is 2.42. The van der Waals surface area contributed by atoms with Gasteiger partial charge in [-0.05, 0) is 23.3 Å². The Balaban J connectivity index is 2.00. The summed E-state index contributed by atoms with van der Waals surface area (Å²) in [5.74, 6) is -3.73. The number of ether oxygens (including phenoxy) is 1. The van der Waals surface area contributed by atoms with Crippen molar-refractivity contribution in [1.82, 2.24) is 0 Å². The molecule has 0 saturated carbocycles. The van der Waals surface area contributed by atoms with E-state index in [0.717, 1.165) is 18.2 Å². The number of carbonyl (C=O) groups excluding carboxylic acids is 1. The number of rotatable bonds is 5. The number of aliphatic hydroxyl groups is 1. The molecule has 6 heteroatoms. The highest BCUT2D eigenvalue weighted by molar-refractivity contribution is 5.89. The SMILES string of the molecule is O=C(O)c1ccc(OC(=O)C(O)(c2ccccc2)c2ccccc2)cc1F. The molecule has 0 radical (unpaired) electrons. The van der Waals surface area contributed by atoms with Gasteiger partial charge in [0.25, 0.3) is 0 Å². The van der Waals surface area contributed by atoms with E-state index in [4.69, 9.17) is 9.84 Å². The van der Waals surface area contributed by atoms with Crippen LogP contribution >= 0.6 is 0 Å². The van der Waals surface area contributed by atoms with Crippen molar-refractivity contribution in [3.63, 3.8) is 0 Å². The van der Waals surface area contributed by atoms with Crippen LogP contribution in [0, 0.1) is 5.82 Å². The molecule has 0 saturated heterocycles. The van der Waals surface area contributed by atoms with Crippen molar-refractivity contribution in [3.8, 4) is 5.75 Å². The number of benzene rings is 3. The Morgan fingerprint density at radius 2 is 1.37 bits per heavy atom. The van der Waals surface area contributed by atoms with Crippen LogP contribution in [0.2, 0.25) is 0 Å². The first-order valence-electron chi connectivity index (χ1n) is 8.01. The zero-order chi connectivity index (χ0) is 19.4. The minimum atomic E-state index is -2.12. The molecule has 2 N–H and O–H groups in total. The molecule has 0 atom stereocenters. The molecule has 0 unspecified atom stereocenters. The molecular formula is C21H15FO5. The molecule has 0 aromatic heterocycles. The Labute approximate surface area is 154 Å². The van der Waals surface area contributed by atoms with E-state index < -0.39 is 28.9 Å². The molecule has 5 nitrogen and oxygen atoms in total. The molecule has 0 spiro atoms. The van der Waals surface area contributed by atoms with Crippen LogP contribution in [0.5, 0.6) is 5.75 Å². The smallest absolute Gasteiger partial charge is 0.353 e. The third-order valence-corrected chi connectivity index (χ3v) is 4.06. The van der Waals surface area contributed by atoms with Crippen molar-refractivity contribution >= 4 is 11.9 Å². The van der Waals surface area contributed by atoms with Gasteiger partial charge in [0.15, 0.2) is 0 Å². The number of hydrogen-bond donors (Lipinski definition) is 2. The number of carbonyl (C=O) groups is 2. The number of carboxylic acids is 1. The molecule has 0 amide bonds. The third kappa shape index (κ3) is 3.56. The summed E-state index contributed by atoms with van der Waals surface area (Å²) in [5.41, 5.74) is -2.10. The highest BCUT2D eigenvalue weighted by Crippen LogP contribution is 2.32. The lowest BCUT2D eigenvalue weighted by Crippen LogP contribution is -2.40. The van der Waals surface area contributed by atoms with E-state index in [1.165, 1.54) is 0 Å². The van der Waals surface area contributed by atoms with E-state index in [9.17, 15) is 19.1 Å². The van der Waals surface area contributed by atoms with Crippen molar-refractivity contribution in [2.45, 2.75) is 5.60 Å². The Kier molecular flexibility index (Phi) is 5.00. The van der Waals surface area contributed by atoms with Gasteiger partial charge in [0, 0.05) is 6.07 Å². The lowest BCUT2D eigenvalue weighted by Gasteiger charge is -2.27. The highest BCUT2D eigenvalue weighted by atomic mass is 19.1. The van der Waals surface area contributed by atoms with Gasteiger partial charge >= 0.3 is 11.9 Å². The van der Waals surface area contributed by atoms with Crippen molar-refractivity contribution in [2.24, 2.45) is 0 Å². The molecule has 3 aromatic carbocycles. The van der Waals surface area contributed by atoms with Gasteiger partial charge < -0.3 is 14.9 Å². The maximum absolute atomic E-state index is 13.9. The monoisotopic (exact) mass is 366 g/mol. The van der Waals surface area contributed by atoms with E-state index in [-0.39, 0.29) is 16.9 Å². The first kappa shape index (κ1) is 18.3. The van der Waals surface area contributed by atoms with Gasteiger partial charge in [0.1, 0.15) is 11.6 Å². The quantitative estimate of drug-likeness (QED) is 0.534. The van der Waals surface area contributed by atoms with Crippen molar-refractivity contribution in [3.05, 3.63) is 101 Å². The average molecular weight is 366 g/mol. The Morgan fingerprint density at radius 3 is 1.81 bits per heavy atom. The Hall–Kier alpha value is -3.51. The molecule has 0 aliphatic carbocycles. The standard InChI is InChI=1S/C21H15FO5/c22-18-13-16(11-12-17(18)19(23)24)27-20(25)21(26,14-7-3-1-4-8-14)15-9-5-2-6-10-15/h1-13,26H,(H,23,24). The summed E-state index contributed by atoms with van der Waals surface area (Å²) < 4.78 is 19.0. The summed E-state index contributed by atoms with van der Waals surface area (Å²) in [7, 11) is 0. The molecule has 3 rings (SSSR count). The summed E-state index contributed by atoms with van der Waals surface area (Å²) in [6.45, 7) is 0. The predicted octanol–water partition coefficient (Wildman–Crippen LogP) is 3.37. The largest absolute Gasteiger partial charge is 0.478 e. The summed E-state index contributed by atoms with van der Waals surface area (Å²) in [6, 6.07) is 19.4. The van der Waals surface area contributed by atoms with E-state index >= 15 is 0 Å². The average Bonchev–Trinajstić information content (AvgIpc) is 2.68. The van der Waals surface area contributed by atoms with E-state index in [1.54, 1.807) is 60.7 Å². The molecule has 0 bridgehead atoms. The number of halogens is 1. The zero-order valence-corrected chi connectivity index (χ0v) is 14.0. The van der Waals surface area contributed by atoms with Crippen LogP contribution in [0.4, 0.5) is 4.39 Å². The van der Waals surface area contributed by atoms with Gasteiger partial charge in [0.05, 0.1) is 5.56 Å². The van der Waals surface area contributed by atoms with Gasteiger partial charge in [-0.25, -0.2) is 14.0 Å². The van der Waals surface area contributed by atoms with Gasteiger partial charge in [-0.2, -0.15) is 0 Å². The summed E-state index contributed by atoms with van der Waals surface area (Å²) >= 11 is 0. The van der Waals surface area contributed by atoms with Gasteiger partial charge in [-0.1, -0.05) is 60.7 Å². The minimum absolute atomic E-state index is 0.215. The summed E-state index contributed by atoms with van der Waals surface area (Å²) in [6.07, 6.45) is 0. The van der Waals surface area contributed by atoms with E-state index in [2.05, 4.69) is 0 Å². The fraction of sp³-hybridized carbons (Fsp3) is 0.0476. The van der Waals surface area contributed by atoms with Crippen molar-refractivity contribution < 1.29 is 28.9 Å². The lowest BCUT2D eigenvalue weighted by atomic mass is 9.86. The number of carboxylic acid groups (broad SMARTS) is 1. The van der Waals surface area contributed by atoms with E-state index in [0.29, 0.717) is 0 Å². The fourth-order valence-corrected chi connectivity index (χ4v) is 2.67. The molecule has 136 valence electrons. The van der Waals surface area contributed by atoms with Gasteiger partial charge in [0.2, 0.25) is 5.60 Å². The van der Waals surface area contributed by atoms with Crippen molar-refractivity contribution in [2.75, 3.05) is 0 Å². The topological polar surface area (TPSA) is 83.8 Å². The molecular weight excluding hydrogens is 351 g/mol. The lowest BCUT2D eigenvalue weighted by molar-refractivity contribution is -0.152. The molecule has 0 fully saturated rings. The van der Waals surface area contributed by atoms with Crippen LogP contribution in [0.25, 0.3) is 0 Å². The number of hydrogen-bond acceptors (Lipinski definition) is 4. The normalized spacial score (nSPS) is 11.0. The Morgan fingerprint density at radius 1 is 0.852 bits per heavy atom. The van der Waals surface area contributed by atoms with Gasteiger partial charge in [-0.3, -0.25) is 0 Å². The second-order valence-electron chi connectivity index (χ2n) is 5.78. The van der Waals surface area contributed by atoms with E-state index in [1.807, 2.05) is 0 Å². The maximum Gasteiger partial charge on any atom is 0.353 e. The zero-order valence-electron chi connectivity index (χ0n) is 14.0.